The number of nitrogens with two attached hydrogens (primary N) is 1. The fraction of sp³-hybridized carbons (Fsp3) is 0.0588. The summed E-state index contributed by atoms with van der Waals surface area (Å²) in [5.41, 5.74) is 9.61. The normalized spacial score (nSPS) is 11.5. The topological polar surface area (TPSA) is 47.7 Å². The highest BCUT2D eigenvalue weighted by atomic mass is 32.2. The zero-order valence-electron chi connectivity index (χ0n) is 12.0. The third-order valence-corrected chi connectivity index (χ3v) is 4.18. The Morgan fingerprint density at radius 1 is 1.23 bits per heavy atom. The van der Waals surface area contributed by atoms with Crippen LogP contribution >= 0.6 is 11.8 Å². The van der Waals surface area contributed by atoms with E-state index >= 15 is 0 Å². The summed E-state index contributed by atoms with van der Waals surface area (Å²) in [6.45, 7) is 7.18. The number of hydrogen-bond donors (Lipinski definition) is 1. The third-order valence-electron chi connectivity index (χ3n) is 3.38. The fourth-order valence-corrected chi connectivity index (χ4v) is 3.00. The lowest BCUT2D eigenvalue weighted by Gasteiger charge is -2.09. The van der Waals surface area contributed by atoms with E-state index in [9.17, 15) is 0 Å². The molecule has 4 nitrogen and oxygen atoms in total. The van der Waals surface area contributed by atoms with Crippen molar-refractivity contribution < 1.29 is 0 Å². The van der Waals surface area contributed by atoms with Crippen LogP contribution in [0.5, 0.6) is 0 Å². The first kappa shape index (κ1) is 14.2. The van der Waals surface area contributed by atoms with Crippen molar-refractivity contribution in [2.45, 2.75) is 5.03 Å². The Bertz CT molecular complexity index is 888. The van der Waals surface area contributed by atoms with Gasteiger partial charge in [0.2, 0.25) is 0 Å². The van der Waals surface area contributed by atoms with Gasteiger partial charge in [-0.15, -0.1) is 11.8 Å². The van der Waals surface area contributed by atoms with Crippen molar-refractivity contribution in [3.05, 3.63) is 77.4 Å². The van der Waals surface area contributed by atoms with Gasteiger partial charge in [-0.3, -0.25) is 4.40 Å². The molecule has 0 spiro atoms. The molecule has 2 N–H and O–H groups in total. The number of thioether (sulfide) groups is 1. The first-order valence-corrected chi connectivity index (χ1v) is 7.91. The summed E-state index contributed by atoms with van der Waals surface area (Å²) in [6, 6.07) is 13.8. The number of nitrogen functional groups attached to an aromatic ring is 1. The molecule has 22 heavy (non-hydrogen) atoms. The molecule has 0 aliphatic rings. The Balaban J connectivity index is 2.19. The van der Waals surface area contributed by atoms with E-state index in [-0.39, 0.29) is 0 Å². The smallest absolute Gasteiger partial charge is 0.162 e. The number of aromatic nitrogens is 2. The molecule has 0 saturated carbocycles. The maximum Gasteiger partial charge on any atom is 0.162 e. The van der Waals surface area contributed by atoms with Crippen LogP contribution in [0.4, 0.5) is 5.82 Å². The Kier molecular flexibility index (Phi) is 3.86. The Labute approximate surface area is 133 Å². The van der Waals surface area contributed by atoms with E-state index < -0.39 is 0 Å². The maximum absolute atomic E-state index is 7.18. The van der Waals surface area contributed by atoms with Crippen LogP contribution < -0.4 is 5.73 Å². The lowest BCUT2D eigenvalue weighted by molar-refractivity contribution is 1.05. The standard InChI is InChI=1S/C17H14N4S/c1-19-10-14(12-6-4-3-5-7-12)13-8-9-15-20-16(18)17(22-2)21(15)11-13/h3-11H,18H2,2H3/b14-10+. The van der Waals surface area contributed by atoms with E-state index in [4.69, 9.17) is 12.3 Å². The average Bonchev–Trinajstić information content (AvgIpc) is 2.87. The van der Waals surface area contributed by atoms with Crippen LogP contribution in [0.25, 0.3) is 16.1 Å². The van der Waals surface area contributed by atoms with Gasteiger partial charge in [-0.25, -0.2) is 9.83 Å². The van der Waals surface area contributed by atoms with Gasteiger partial charge < -0.3 is 5.73 Å². The monoisotopic (exact) mass is 306 g/mol. The van der Waals surface area contributed by atoms with Gasteiger partial charge >= 0.3 is 0 Å². The van der Waals surface area contributed by atoms with Gasteiger partial charge in [0.25, 0.3) is 0 Å². The summed E-state index contributed by atoms with van der Waals surface area (Å²) in [4.78, 5) is 7.79. The molecule has 0 unspecified atom stereocenters. The summed E-state index contributed by atoms with van der Waals surface area (Å²) >= 11 is 1.56. The van der Waals surface area contributed by atoms with Crippen molar-refractivity contribution in [1.29, 1.82) is 0 Å². The molecular formula is C17H14N4S. The molecule has 0 aliphatic carbocycles. The molecule has 3 aromatic rings. The molecule has 0 aliphatic heterocycles. The van der Waals surface area contributed by atoms with Crippen molar-refractivity contribution in [1.82, 2.24) is 9.38 Å². The summed E-state index contributed by atoms with van der Waals surface area (Å²) in [5.74, 6) is 0.528. The van der Waals surface area contributed by atoms with E-state index in [1.165, 1.54) is 0 Å². The van der Waals surface area contributed by atoms with Gasteiger partial charge in [0.1, 0.15) is 10.7 Å². The largest absolute Gasteiger partial charge is 0.381 e. The van der Waals surface area contributed by atoms with Gasteiger partial charge in [-0.2, -0.15) is 0 Å². The van der Waals surface area contributed by atoms with E-state index in [1.54, 1.807) is 18.0 Å². The fourth-order valence-electron chi connectivity index (χ4n) is 2.40. The summed E-state index contributed by atoms with van der Waals surface area (Å²) in [7, 11) is 0. The molecule has 1 aromatic carbocycles. The van der Waals surface area contributed by atoms with Crippen LogP contribution in [-0.4, -0.2) is 15.6 Å². The number of fused-ring (bicyclic) bond motifs is 1. The highest BCUT2D eigenvalue weighted by Crippen LogP contribution is 2.28. The number of pyridine rings is 1. The first-order valence-electron chi connectivity index (χ1n) is 6.68. The molecule has 108 valence electrons. The second kappa shape index (κ2) is 5.96. The SMILES string of the molecule is [C-]#[N+]/C=C(\c1ccccc1)c1ccc2nc(N)c(SC)n2c1. The summed E-state index contributed by atoms with van der Waals surface area (Å²) in [6.07, 6.45) is 5.50. The molecule has 0 fully saturated rings. The predicted octanol–water partition coefficient (Wildman–Crippen LogP) is 3.95. The third kappa shape index (κ3) is 2.45. The van der Waals surface area contributed by atoms with Crippen molar-refractivity contribution in [2.24, 2.45) is 0 Å². The van der Waals surface area contributed by atoms with Crippen LogP contribution in [-0.2, 0) is 0 Å². The lowest BCUT2D eigenvalue weighted by Crippen LogP contribution is -1.93. The number of rotatable bonds is 3. The zero-order chi connectivity index (χ0) is 15.5. The second-order valence-corrected chi connectivity index (χ2v) is 5.49. The number of imidazole rings is 1. The number of nitrogens with zero attached hydrogens (tertiary/aromatic N) is 3. The van der Waals surface area contributed by atoms with Crippen molar-refractivity contribution in [3.8, 4) is 0 Å². The van der Waals surface area contributed by atoms with E-state index in [0.29, 0.717) is 5.82 Å². The van der Waals surface area contributed by atoms with Gasteiger partial charge in [0.15, 0.2) is 12.0 Å². The van der Waals surface area contributed by atoms with Crippen LogP contribution in [0.2, 0.25) is 0 Å². The van der Waals surface area contributed by atoms with E-state index in [2.05, 4.69) is 9.83 Å². The Morgan fingerprint density at radius 3 is 2.68 bits per heavy atom. The van der Waals surface area contributed by atoms with Crippen molar-refractivity contribution in [3.63, 3.8) is 0 Å². The number of benzene rings is 1. The molecule has 0 radical (unpaired) electrons. The Hall–Kier alpha value is -2.71. The second-order valence-electron chi connectivity index (χ2n) is 4.69. The zero-order valence-corrected chi connectivity index (χ0v) is 12.8. The van der Waals surface area contributed by atoms with E-state index in [0.717, 1.165) is 27.4 Å². The lowest BCUT2D eigenvalue weighted by atomic mass is 10.0. The minimum absolute atomic E-state index is 0.528. The van der Waals surface area contributed by atoms with Crippen molar-refractivity contribution in [2.75, 3.05) is 12.0 Å². The molecule has 5 heteroatoms. The number of hydrogen-bond acceptors (Lipinski definition) is 3. The van der Waals surface area contributed by atoms with Crippen LogP contribution in [0, 0.1) is 6.57 Å². The highest BCUT2D eigenvalue weighted by Gasteiger charge is 2.11. The molecule has 2 aromatic heterocycles. The minimum atomic E-state index is 0.528. The summed E-state index contributed by atoms with van der Waals surface area (Å²) in [5, 5.41) is 0.909. The minimum Gasteiger partial charge on any atom is -0.381 e. The van der Waals surface area contributed by atoms with Gasteiger partial charge in [0.05, 0.1) is 6.57 Å². The van der Waals surface area contributed by atoms with Crippen LogP contribution in [0.3, 0.4) is 0 Å². The molecule has 0 bridgehead atoms. The summed E-state index contributed by atoms with van der Waals surface area (Å²) < 4.78 is 1.97. The van der Waals surface area contributed by atoms with Gasteiger partial charge in [0, 0.05) is 6.20 Å². The van der Waals surface area contributed by atoms with Gasteiger partial charge in [-0.1, -0.05) is 36.4 Å². The molecule has 3 rings (SSSR count). The molecule has 2 heterocycles. The highest BCUT2D eigenvalue weighted by molar-refractivity contribution is 7.98. The first-order chi connectivity index (χ1) is 10.7. The number of anilines is 1. The van der Waals surface area contributed by atoms with E-state index in [1.807, 2.05) is 59.3 Å². The van der Waals surface area contributed by atoms with Crippen LogP contribution in [0.1, 0.15) is 11.1 Å². The van der Waals surface area contributed by atoms with Crippen molar-refractivity contribution >= 4 is 28.8 Å². The Morgan fingerprint density at radius 2 is 2.00 bits per heavy atom. The average molecular weight is 306 g/mol. The van der Waals surface area contributed by atoms with Gasteiger partial charge in [-0.05, 0) is 29.0 Å². The molecular weight excluding hydrogens is 292 g/mol. The van der Waals surface area contributed by atoms with Crippen LogP contribution in [0.15, 0.2) is 59.9 Å². The molecule has 0 amide bonds. The predicted molar refractivity (Wildman–Crippen MR) is 91.5 cm³/mol. The molecule has 0 atom stereocenters. The maximum atomic E-state index is 7.18. The molecule has 0 saturated heterocycles. The quantitative estimate of drug-likeness (QED) is 0.589.